The monoisotopic (exact) mass is 278 g/mol. The summed E-state index contributed by atoms with van der Waals surface area (Å²) in [6, 6.07) is 10.2. The predicted octanol–water partition coefficient (Wildman–Crippen LogP) is 3.91. The van der Waals surface area contributed by atoms with Gasteiger partial charge in [0.25, 0.3) is 0 Å². The number of benzene rings is 1. The van der Waals surface area contributed by atoms with Gasteiger partial charge in [0, 0.05) is 0 Å². The molecule has 0 bridgehead atoms. The van der Waals surface area contributed by atoms with E-state index in [1.807, 2.05) is 18.2 Å². The van der Waals surface area contributed by atoms with Crippen molar-refractivity contribution in [1.82, 2.24) is 0 Å². The van der Waals surface area contributed by atoms with Crippen LogP contribution in [0.15, 0.2) is 30.3 Å². The second-order valence-corrected chi connectivity index (χ2v) is 6.35. The molecule has 0 radical (unpaired) electrons. The van der Waals surface area contributed by atoms with Crippen LogP contribution in [0.3, 0.4) is 0 Å². The lowest BCUT2D eigenvalue weighted by Gasteiger charge is -2.34. The molecule has 1 aromatic rings. The van der Waals surface area contributed by atoms with Crippen LogP contribution >= 0.6 is 0 Å². The molecule has 1 aliphatic heterocycles. The first kappa shape index (κ1) is 15.5. The Kier molecular flexibility index (Phi) is 5.58. The Hall–Kier alpha value is -0.900. The number of ether oxygens (including phenoxy) is 3. The molecular weight excluding hydrogens is 252 g/mol. The van der Waals surface area contributed by atoms with E-state index in [2.05, 4.69) is 32.9 Å². The predicted molar refractivity (Wildman–Crippen MR) is 79.4 cm³/mol. The molecule has 1 fully saturated rings. The Labute approximate surface area is 122 Å². The average molecular weight is 278 g/mol. The largest absolute Gasteiger partial charge is 0.374 e. The molecule has 2 rings (SSSR count). The Morgan fingerprint density at radius 1 is 1.15 bits per heavy atom. The van der Waals surface area contributed by atoms with Gasteiger partial charge in [-0.15, -0.1) is 0 Å². The van der Waals surface area contributed by atoms with Crippen LogP contribution in [-0.4, -0.2) is 24.6 Å². The van der Waals surface area contributed by atoms with Crippen LogP contribution in [-0.2, 0) is 20.8 Å². The van der Waals surface area contributed by atoms with Crippen LogP contribution in [0.25, 0.3) is 0 Å². The second-order valence-electron chi connectivity index (χ2n) is 6.35. The van der Waals surface area contributed by atoms with Gasteiger partial charge in [0.05, 0.1) is 24.9 Å². The molecule has 3 heteroatoms. The molecule has 0 aliphatic carbocycles. The van der Waals surface area contributed by atoms with Gasteiger partial charge in [-0.3, -0.25) is 0 Å². The molecule has 0 aromatic heterocycles. The van der Waals surface area contributed by atoms with Gasteiger partial charge in [-0.05, 0) is 45.6 Å². The quantitative estimate of drug-likeness (QED) is 0.817. The van der Waals surface area contributed by atoms with Crippen molar-refractivity contribution in [3.05, 3.63) is 35.9 Å². The van der Waals surface area contributed by atoms with Crippen molar-refractivity contribution in [3.8, 4) is 0 Å². The fourth-order valence-electron chi connectivity index (χ4n) is 2.35. The molecule has 0 unspecified atom stereocenters. The standard InChI is InChI=1S/C17H26O3/c1-17(2,3)20-16-11-7-10-15(19-16)13-18-12-14-8-5-4-6-9-14/h4-6,8-9,15-16H,7,10-13H2,1-3H3/t15-,16+/m0/s1. The number of hydrogen-bond acceptors (Lipinski definition) is 3. The molecule has 0 saturated carbocycles. The molecule has 20 heavy (non-hydrogen) atoms. The van der Waals surface area contributed by atoms with Crippen molar-refractivity contribution >= 4 is 0 Å². The molecule has 112 valence electrons. The maximum absolute atomic E-state index is 5.95. The first-order chi connectivity index (χ1) is 9.53. The molecule has 0 N–H and O–H groups in total. The topological polar surface area (TPSA) is 27.7 Å². The van der Waals surface area contributed by atoms with E-state index >= 15 is 0 Å². The molecule has 0 amide bonds. The summed E-state index contributed by atoms with van der Waals surface area (Å²) < 4.78 is 17.6. The summed E-state index contributed by atoms with van der Waals surface area (Å²) in [6.07, 6.45) is 3.24. The minimum atomic E-state index is -0.155. The van der Waals surface area contributed by atoms with E-state index in [-0.39, 0.29) is 18.0 Å². The van der Waals surface area contributed by atoms with E-state index in [1.54, 1.807) is 0 Å². The van der Waals surface area contributed by atoms with Crippen molar-refractivity contribution in [1.29, 1.82) is 0 Å². The van der Waals surface area contributed by atoms with E-state index in [0.29, 0.717) is 13.2 Å². The second kappa shape index (κ2) is 7.21. The highest BCUT2D eigenvalue weighted by Crippen LogP contribution is 2.24. The molecule has 1 aromatic carbocycles. The van der Waals surface area contributed by atoms with Crippen LogP contribution in [0.2, 0.25) is 0 Å². The highest BCUT2D eigenvalue weighted by molar-refractivity contribution is 5.13. The third-order valence-corrected chi connectivity index (χ3v) is 3.21. The van der Waals surface area contributed by atoms with Gasteiger partial charge in [0.15, 0.2) is 6.29 Å². The van der Waals surface area contributed by atoms with E-state index in [0.717, 1.165) is 19.3 Å². The normalized spacial score (nSPS) is 23.8. The maximum atomic E-state index is 5.95. The van der Waals surface area contributed by atoms with Gasteiger partial charge in [0.2, 0.25) is 0 Å². The average Bonchev–Trinajstić information content (AvgIpc) is 2.38. The lowest BCUT2D eigenvalue weighted by atomic mass is 10.1. The zero-order valence-corrected chi connectivity index (χ0v) is 12.8. The highest BCUT2D eigenvalue weighted by atomic mass is 16.7. The van der Waals surface area contributed by atoms with Crippen molar-refractivity contribution in [2.45, 2.75) is 64.6 Å². The first-order valence-corrected chi connectivity index (χ1v) is 7.48. The van der Waals surface area contributed by atoms with E-state index < -0.39 is 0 Å². The Balaban J connectivity index is 1.70. The maximum Gasteiger partial charge on any atom is 0.158 e. The minimum absolute atomic E-state index is 0.0888. The summed E-state index contributed by atoms with van der Waals surface area (Å²) in [6.45, 7) is 7.47. The van der Waals surface area contributed by atoms with Crippen LogP contribution < -0.4 is 0 Å². The molecule has 2 atom stereocenters. The van der Waals surface area contributed by atoms with Gasteiger partial charge >= 0.3 is 0 Å². The molecule has 1 heterocycles. The Morgan fingerprint density at radius 2 is 1.90 bits per heavy atom. The fraction of sp³-hybridized carbons (Fsp3) is 0.647. The van der Waals surface area contributed by atoms with Gasteiger partial charge < -0.3 is 14.2 Å². The summed E-state index contributed by atoms with van der Waals surface area (Å²) in [5.41, 5.74) is 1.04. The third-order valence-electron chi connectivity index (χ3n) is 3.21. The Bertz CT molecular complexity index is 383. The van der Waals surface area contributed by atoms with Crippen molar-refractivity contribution in [3.63, 3.8) is 0 Å². The van der Waals surface area contributed by atoms with Crippen LogP contribution in [0.1, 0.15) is 45.6 Å². The summed E-state index contributed by atoms with van der Waals surface area (Å²) in [5.74, 6) is 0. The van der Waals surface area contributed by atoms with Crippen molar-refractivity contribution < 1.29 is 14.2 Å². The van der Waals surface area contributed by atoms with E-state index in [9.17, 15) is 0 Å². The van der Waals surface area contributed by atoms with Gasteiger partial charge in [-0.1, -0.05) is 30.3 Å². The minimum Gasteiger partial charge on any atom is -0.374 e. The van der Waals surface area contributed by atoms with E-state index in [1.165, 1.54) is 5.56 Å². The molecule has 0 spiro atoms. The summed E-state index contributed by atoms with van der Waals surface area (Å²) in [7, 11) is 0. The van der Waals surface area contributed by atoms with Gasteiger partial charge in [-0.25, -0.2) is 0 Å². The van der Waals surface area contributed by atoms with Crippen molar-refractivity contribution in [2.75, 3.05) is 6.61 Å². The molecule has 3 nitrogen and oxygen atoms in total. The summed E-state index contributed by atoms with van der Waals surface area (Å²) >= 11 is 0. The Morgan fingerprint density at radius 3 is 2.60 bits per heavy atom. The summed E-state index contributed by atoms with van der Waals surface area (Å²) in [4.78, 5) is 0. The number of hydrogen-bond donors (Lipinski definition) is 0. The first-order valence-electron chi connectivity index (χ1n) is 7.48. The number of rotatable bonds is 5. The molecule has 1 saturated heterocycles. The molecule has 1 aliphatic rings. The van der Waals surface area contributed by atoms with Crippen LogP contribution in [0.4, 0.5) is 0 Å². The van der Waals surface area contributed by atoms with E-state index in [4.69, 9.17) is 14.2 Å². The fourth-order valence-corrected chi connectivity index (χ4v) is 2.35. The lowest BCUT2D eigenvalue weighted by Crippen LogP contribution is -2.37. The zero-order chi connectivity index (χ0) is 14.4. The smallest absolute Gasteiger partial charge is 0.158 e. The van der Waals surface area contributed by atoms with Gasteiger partial charge in [0.1, 0.15) is 0 Å². The molecular formula is C17H26O3. The third kappa shape index (κ3) is 5.61. The van der Waals surface area contributed by atoms with Gasteiger partial charge in [-0.2, -0.15) is 0 Å². The highest BCUT2D eigenvalue weighted by Gasteiger charge is 2.26. The van der Waals surface area contributed by atoms with Crippen LogP contribution in [0, 0.1) is 0 Å². The summed E-state index contributed by atoms with van der Waals surface area (Å²) in [5, 5.41) is 0. The van der Waals surface area contributed by atoms with Crippen molar-refractivity contribution in [2.24, 2.45) is 0 Å². The zero-order valence-electron chi connectivity index (χ0n) is 12.8. The SMILES string of the molecule is CC(C)(C)O[C@@H]1CCC[C@@H](COCc2ccccc2)O1. The lowest BCUT2D eigenvalue weighted by molar-refractivity contribution is -0.241. The van der Waals surface area contributed by atoms with Crippen LogP contribution in [0.5, 0.6) is 0 Å².